The Morgan fingerprint density at radius 1 is 1.56 bits per heavy atom. The van der Waals surface area contributed by atoms with Gasteiger partial charge in [0.25, 0.3) is 0 Å². The van der Waals surface area contributed by atoms with Gasteiger partial charge in [-0.15, -0.1) is 0 Å². The van der Waals surface area contributed by atoms with Crippen LogP contribution in [0.4, 0.5) is 0 Å². The number of halogens is 2. The van der Waals surface area contributed by atoms with Crippen LogP contribution in [0.1, 0.15) is 19.8 Å². The minimum atomic E-state index is 0.968. The van der Waals surface area contributed by atoms with Crippen molar-refractivity contribution in [1.29, 1.82) is 0 Å². The second-order valence-corrected chi connectivity index (χ2v) is 3.62. The fourth-order valence-corrected chi connectivity index (χ4v) is 1.38. The Balaban J connectivity index is 2.83. The normalized spacial score (nSPS) is 20.1. The summed E-state index contributed by atoms with van der Waals surface area (Å²) in [6.45, 7) is 2.06. The van der Waals surface area contributed by atoms with E-state index in [0.29, 0.717) is 0 Å². The zero-order valence-electron chi connectivity index (χ0n) is 5.25. The highest BCUT2D eigenvalue weighted by Gasteiger charge is 2.05. The standard InChI is InChI=1S/C7H8BrCl/c1-5-4-6(9)2-3-7(5)8/h4H,2-3H2,1H3. The molecule has 0 radical (unpaired) electrons. The molecule has 0 nitrogen and oxygen atoms in total. The van der Waals surface area contributed by atoms with Crippen LogP contribution in [0.2, 0.25) is 0 Å². The van der Waals surface area contributed by atoms with Gasteiger partial charge in [-0.1, -0.05) is 27.5 Å². The first-order chi connectivity index (χ1) is 4.20. The van der Waals surface area contributed by atoms with Crippen LogP contribution < -0.4 is 0 Å². The summed E-state index contributed by atoms with van der Waals surface area (Å²) in [5, 5.41) is 0.968. The van der Waals surface area contributed by atoms with Crippen LogP contribution in [-0.4, -0.2) is 0 Å². The molecule has 0 N–H and O–H groups in total. The van der Waals surface area contributed by atoms with Gasteiger partial charge in [0.05, 0.1) is 0 Å². The largest absolute Gasteiger partial charge is 0.0891 e. The summed E-state index contributed by atoms with van der Waals surface area (Å²) in [5.74, 6) is 0. The molecule has 0 heterocycles. The Hall–Kier alpha value is 0.250. The average molecular weight is 207 g/mol. The Labute approximate surface area is 68.7 Å². The van der Waals surface area contributed by atoms with Crippen molar-refractivity contribution < 1.29 is 0 Å². The van der Waals surface area contributed by atoms with Crippen molar-refractivity contribution in [3.05, 3.63) is 21.2 Å². The molecule has 9 heavy (non-hydrogen) atoms. The maximum atomic E-state index is 5.78. The predicted molar refractivity (Wildman–Crippen MR) is 44.8 cm³/mol. The zero-order chi connectivity index (χ0) is 6.85. The third-order valence-corrected chi connectivity index (χ3v) is 2.70. The first-order valence-corrected chi connectivity index (χ1v) is 4.08. The van der Waals surface area contributed by atoms with Crippen molar-refractivity contribution in [2.75, 3.05) is 0 Å². The van der Waals surface area contributed by atoms with Crippen molar-refractivity contribution in [2.24, 2.45) is 0 Å². The van der Waals surface area contributed by atoms with Gasteiger partial charge in [-0.25, -0.2) is 0 Å². The highest BCUT2D eigenvalue weighted by molar-refractivity contribution is 9.11. The molecule has 0 aromatic heterocycles. The molecule has 1 aliphatic rings. The van der Waals surface area contributed by atoms with E-state index in [-0.39, 0.29) is 0 Å². The van der Waals surface area contributed by atoms with Crippen molar-refractivity contribution in [1.82, 2.24) is 0 Å². The Kier molecular flexibility index (Phi) is 2.36. The van der Waals surface area contributed by atoms with Crippen molar-refractivity contribution in [2.45, 2.75) is 19.8 Å². The first-order valence-electron chi connectivity index (χ1n) is 2.91. The van der Waals surface area contributed by atoms with E-state index >= 15 is 0 Å². The maximum Gasteiger partial charge on any atom is 0.0187 e. The molecular weight excluding hydrogens is 199 g/mol. The zero-order valence-corrected chi connectivity index (χ0v) is 7.59. The monoisotopic (exact) mass is 206 g/mol. The van der Waals surface area contributed by atoms with E-state index in [1.807, 2.05) is 6.08 Å². The second kappa shape index (κ2) is 2.89. The van der Waals surface area contributed by atoms with Gasteiger partial charge >= 0.3 is 0 Å². The van der Waals surface area contributed by atoms with Gasteiger partial charge in [0.15, 0.2) is 0 Å². The lowest BCUT2D eigenvalue weighted by molar-refractivity contribution is 0.986. The van der Waals surface area contributed by atoms with E-state index in [1.165, 1.54) is 10.1 Å². The van der Waals surface area contributed by atoms with Gasteiger partial charge in [0.1, 0.15) is 0 Å². The van der Waals surface area contributed by atoms with Crippen LogP contribution in [0.3, 0.4) is 0 Å². The molecule has 0 atom stereocenters. The topological polar surface area (TPSA) is 0 Å². The summed E-state index contributed by atoms with van der Waals surface area (Å²) < 4.78 is 1.28. The van der Waals surface area contributed by atoms with Crippen LogP contribution in [0, 0.1) is 0 Å². The van der Waals surface area contributed by atoms with Gasteiger partial charge in [-0.3, -0.25) is 0 Å². The van der Waals surface area contributed by atoms with E-state index in [0.717, 1.165) is 17.9 Å². The van der Waals surface area contributed by atoms with Crippen molar-refractivity contribution in [3.8, 4) is 0 Å². The Morgan fingerprint density at radius 2 is 2.22 bits per heavy atom. The Bertz CT molecular complexity index is 179. The van der Waals surface area contributed by atoms with Gasteiger partial charge in [0.2, 0.25) is 0 Å². The maximum absolute atomic E-state index is 5.78. The molecule has 0 amide bonds. The van der Waals surface area contributed by atoms with Crippen LogP contribution >= 0.6 is 27.5 Å². The molecule has 2 heteroatoms. The molecule has 0 fully saturated rings. The lowest BCUT2D eigenvalue weighted by atomic mass is 10.1. The summed E-state index contributed by atoms with van der Waals surface area (Å²) >= 11 is 9.24. The molecule has 0 aromatic carbocycles. The molecule has 50 valence electrons. The van der Waals surface area contributed by atoms with Crippen LogP contribution in [0.15, 0.2) is 21.2 Å². The summed E-state index contributed by atoms with van der Waals surface area (Å²) in [4.78, 5) is 0. The second-order valence-electron chi connectivity index (χ2n) is 2.18. The van der Waals surface area contributed by atoms with Gasteiger partial charge in [-0.05, 0) is 35.9 Å². The summed E-state index contributed by atoms with van der Waals surface area (Å²) in [6.07, 6.45) is 4.05. The van der Waals surface area contributed by atoms with Crippen LogP contribution in [-0.2, 0) is 0 Å². The van der Waals surface area contributed by atoms with Gasteiger partial charge in [-0.2, -0.15) is 0 Å². The first kappa shape index (κ1) is 7.36. The van der Waals surface area contributed by atoms with Gasteiger partial charge < -0.3 is 0 Å². The molecule has 1 aliphatic carbocycles. The Morgan fingerprint density at radius 3 is 2.67 bits per heavy atom. The highest BCUT2D eigenvalue weighted by Crippen LogP contribution is 2.28. The SMILES string of the molecule is CC1=C(Br)CCC(Cl)=C1. The van der Waals surface area contributed by atoms with E-state index in [4.69, 9.17) is 11.6 Å². The van der Waals surface area contributed by atoms with Crippen LogP contribution in [0.5, 0.6) is 0 Å². The smallest absolute Gasteiger partial charge is 0.0187 e. The number of rotatable bonds is 0. The fraction of sp³-hybridized carbons (Fsp3) is 0.429. The molecule has 0 aliphatic heterocycles. The van der Waals surface area contributed by atoms with E-state index in [2.05, 4.69) is 22.9 Å². The molecule has 0 bridgehead atoms. The minimum absolute atomic E-state index is 0.968. The number of hydrogen-bond donors (Lipinski definition) is 0. The lowest BCUT2D eigenvalue weighted by Gasteiger charge is -2.08. The van der Waals surface area contributed by atoms with E-state index in [1.54, 1.807) is 0 Å². The predicted octanol–water partition coefficient (Wildman–Crippen LogP) is 3.57. The molecule has 0 saturated carbocycles. The molecule has 0 saturated heterocycles. The van der Waals surface area contributed by atoms with Crippen molar-refractivity contribution in [3.63, 3.8) is 0 Å². The van der Waals surface area contributed by atoms with E-state index in [9.17, 15) is 0 Å². The van der Waals surface area contributed by atoms with Gasteiger partial charge in [0, 0.05) is 5.03 Å². The molecular formula is C7H8BrCl. The van der Waals surface area contributed by atoms with Crippen molar-refractivity contribution >= 4 is 27.5 Å². The average Bonchev–Trinajstić information content (AvgIpc) is 1.80. The summed E-state index contributed by atoms with van der Waals surface area (Å²) in [6, 6.07) is 0. The minimum Gasteiger partial charge on any atom is -0.0891 e. The van der Waals surface area contributed by atoms with E-state index < -0.39 is 0 Å². The fourth-order valence-electron chi connectivity index (χ4n) is 0.812. The summed E-state index contributed by atoms with van der Waals surface area (Å²) in [5.41, 5.74) is 1.26. The number of hydrogen-bond acceptors (Lipinski definition) is 0. The molecule has 0 unspecified atom stereocenters. The third-order valence-electron chi connectivity index (χ3n) is 1.38. The number of allylic oxidation sites excluding steroid dienone is 4. The molecule has 0 spiro atoms. The van der Waals surface area contributed by atoms with Crippen LogP contribution in [0.25, 0.3) is 0 Å². The lowest BCUT2D eigenvalue weighted by Crippen LogP contribution is -1.87. The molecule has 1 rings (SSSR count). The summed E-state index contributed by atoms with van der Waals surface area (Å²) in [7, 11) is 0. The molecule has 0 aromatic rings. The quantitative estimate of drug-likeness (QED) is 0.570. The third kappa shape index (κ3) is 1.84. The highest BCUT2D eigenvalue weighted by atomic mass is 79.9.